The van der Waals surface area contributed by atoms with Gasteiger partial charge in [-0.2, -0.15) is 0 Å². The van der Waals surface area contributed by atoms with Gasteiger partial charge >= 0.3 is 0 Å². The third-order valence-corrected chi connectivity index (χ3v) is 2.72. The molecule has 8 heteroatoms. The molecule has 0 aliphatic rings. The molecule has 2 N–H and O–H groups in total. The predicted molar refractivity (Wildman–Crippen MR) is 80.4 cm³/mol. The van der Waals surface area contributed by atoms with E-state index in [2.05, 4.69) is 10.6 Å². The minimum atomic E-state index is -0.590. The lowest BCUT2D eigenvalue weighted by Crippen LogP contribution is -2.31. The molecule has 0 spiro atoms. The van der Waals surface area contributed by atoms with Crippen LogP contribution in [-0.2, 0) is 0 Å². The van der Waals surface area contributed by atoms with Crippen molar-refractivity contribution in [1.29, 1.82) is 0 Å². The van der Waals surface area contributed by atoms with Crippen molar-refractivity contribution in [3.05, 3.63) is 34.1 Å². The molecule has 6 nitrogen and oxygen atoms in total. The standard InChI is InChI=1S/C12H17FN4O2S/c1-16(2)7-3-6-14-12(20)15-11-8-9(17(18)19)4-5-10(11)13/h4-5,8H,3,6-7H2,1-2H3,(H2,14,15,20). The summed E-state index contributed by atoms with van der Waals surface area (Å²) in [5, 5.41) is 16.4. The number of nitro groups is 1. The van der Waals surface area contributed by atoms with Crippen LogP contribution in [0.5, 0.6) is 0 Å². The van der Waals surface area contributed by atoms with Gasteiger partial charge in [0.05, 0.1) is 10.6 Å². The molecular formula is C12H17FN4O2S. The van der Waals surface area contributed by atoms with E-state index in [1.54, 1.807) is 0 Å². The van der Waals surface area contributed by atoms with E-state index in [1.165, 1.54) is 0 Å². The van der Waals surface area contributed by atoms with Crippen molar-refractivity contribution in [3.63, 3.8) is 0 Å². The summed E-state index contributed by atoms with van der Waals surface area (Å²) in [6, 6.07) is 3.26. The van der Waals surface area contributed by atoms with E-state index in [-0.39, 0.29) is 16.5 Å². The molecule has 0 amide bonds. The van der Waals surface area contributed by atoms with Crippen molar-refractivity contribution in [1.82, 2.24) is 10.2 Å². The van der Waals surface area contributed by atoms with Crippen LogP contribution in [0.25, 0.3) is 0 Å². The number of nitrogens with zero attached hydrogens (tertiary/aromatic N) is 2. The SMILES string of the molecule is CN(C)CCCNC(=S)Nc1cc([N+](=O)[O-])ccc1F. The molecule has 1 rings (SSSR count). The van der Waals surface area contributed by atoms with Crippen LogP contribution in [0.3, 0.4) is 0 Å². The Morgan fingerprint density at radius 2 is 2.20 bits per heavy atom. The van der Waals surface area contributed by atoms with Gasteiger partial charge in [-0.1, -0.05) is 0 Å². The second kappa shape index (κ2) is 7.71. The zero-order valence-corrected chi connectivity index (χ0v) is 12.2. The van der Waals surface area contributed by atoms with Gasteiger partial charge in [-0.05, 0) is 45.3 Å². The van der Waals surface area contributed by atoms with Crippen molar-refractivity contribution < 1.29 is 9.31 Å². The summed E-state index contributed by atoms with van der Waals surface area (Å²) in [5.74, 6) is -0.590. The van der Waals surface area contributed by atoms with Crippen molar-refractivity contribution in [2.45, 2.75) is 6.42 Å². The molecular weight excluding hydrogens is 283 g/mol. The van der Waals surface area contributed by atoms with Gasteiger partial charge in [0.2, 0.25) is 0 Å². The van der Waals surface area contributed by atoms with E-state index < -0.39 is 10.7 Å². The highest BCUT2D eigenvalue weighted by Gasteiger charge is 2.11. The van der Waals surface area contributed by atoms with Crippen molar-refractivity contribution in [3.8, 4) is 0 Å². The Balaban J connectivity index is 2.53. The third kappa shape index (κ3) is 5.45. The van der Waals surface area contributed by atoms with Gasteiger partial charge in [-0.25, -0.2) is 4.39 Å². The summed E-state index contributed by atoms with van der Waals surface area (Å²) >= 11 is 5.01. The maximum Gasteiger partial charge on any atom is 0.271 e. The predicted octanol–water partition coefficient (Wildman–Crippen LogP) is 1.97. The van der Waals surface area contributed by atoms with Gasteiger partial charge in [0.1, 0.15) is 5.82 Å². The number of halogens is 1. The Bertz CT molecular complexity index is 496. The van der Waals surface area contributed by atoms with Crippen LogP contribution in [0.4, 0.5) is 15.8 Å². The number of hydrogen-bond donors (Lipinski definition) is 2. The van der Waals surface area contributed by atoms with E-state index in [0.717, 1.165) is 31.2 Å². The molecule has 0 saturated heterocycles. The van der Waals surface area contributed by atoms with Crippen LogP contribution in [0.1, 0.15) is 6.42 Å². The first kappa shape index (κ1) is 16.3. The van der Waals surface area contributed by atoms with E-state index in [4.69, 9.17) is 12.2 Å². The highest BCUT2D eigenvalue weighted by Crippen LogP contribution is 2.20. The van der Waals surface area contributed by atoms with Crippen LogP contribution in [0.15, 0.2) is 18.2 Å². The second-order valence-electron chi connectivity index (χ2n) is 4.46. The highest BCUT2D eigenvalue weighted by atomic mass is 32.1. The molecule has 0 aliphatic carbocycles. The zero-order chi connectivity index (χ0) is 15.1. The molecule has 1 aromatic rings. The Hall–Kier alpha value is -1.80. The first-order valence-corrected chi connectivity index (χ1v) is 6.44. The van der Waals surface area contributed by atoms with E-state index >= 15 is 0 Å². The lowest BCUT2D eigenvalue weighted by molar-refractivity contribution is -0.384. The average molecular weight is 300 g/mol. The molecule has 0 fully saturated rings. The Labute approximate surface area is 122 Å². The molecule has 0 radical (unpaired) electrons. The quantitative estimate of drug-likeness (QED) is 0.362. The van der Waals surface area contributed by atoms with Gasteiger partial charge in [0.15, 0.2) is 5.11 Å². The average Bonchev–Trinajstić information content (AvgIpc) is 2.37. The van der Waals surface area contributed by atoms with Crippen LogP contribution in [-0.4, -0.2) is 42.1 Å². The second-order valence-corrected chi connectivity index (χ2v) is 4.87. The van der Waals surface area contributed by atoms with Crippen molar-refractivity contribution >= 4 is 28.7 Å². The summed E-state index contributed by atoms with van der Waals surface area (Å²) in [5.41, 5.74) is -0.200. The first-order valence-electron chi connectivity index (χ1n) is 6.03. The molecule has 0 heterocycles. The van der Waals surface area contributed by atoms with Gasteiger partial charge in [-0.15, -0.1) is 0 Å². The number of rotatable bonds is 6. The topological polar surface area (TPSA) is 70.4 Å². The Kier molecular flexibility index (Phi) is 6.26. The minimum Gasteiger partial charge on any atom is -0.362 e. The summed E-state index contributed by atoms with van der Waals surface area (Å²) in [6.45, 7) is 1.54. The molecule has 110 valence electrons. The number of nitrogens with one attached hydrogen (secondary N) is 2. The van der Waals surface area contributed by atoms with E-state index in [1.807, 2.05) is 19.0 Å². The van der Waals surface area contributed by atoms with Crippen LogP contribution in [0, 0.1) is 15.9 Å². The lowest BCUT2D eigenvalue weighted by atomic mass is 10.2. The van der Waals surface area contributed by atoms with Gasteiger partial charge in [0, 0.05) is 18.7 Å². The Morgan fingerprint density at radius 3 is 2.80 bits per heavy atom. The smallest absolute Gasteiger partial charge is 0.271 e. The molecule has 0 aliphatic heterocycles. The maximum absolute atomic E-state index is 13.5. The minimum absolute atomic E-state index is 0.00990. The fourth-order valence-electron chi connectivity index (χ4n) is 1.49. The van der Waals surface area contributed by atoms with Gasteiger partial charge < -0.3 is 15.5 Å². The van der Waals surface area contributed by atoms with Gasteiger partial charge in [-0.3, -0.25) is 10.1 Å². The molecule has 0 aromatic heterocycles. The monoisotopic (exact) mass is 300 g/mol. The summed E-state index contributed by atoms with van der Waals surface area (Å²) < 4.78 is 13.5. The fourth-order valence-corrected chi connectivity index (χ4v) is 1.70. The molecule has 1 aromatic carbocycles. The molecule has 20 heavy (non-hydrogen) atoms. The number of hydrogen-bond acceptors (Lipinski definition) is 4. The maximum atomic E-state index is 13.5. The molecule has 0 bridgehead atoms. The third-order valence-electron chi connectivity index (χ3n) is 2.48. The number of nitro benzene ring substituents is 1. The summed E-state index contributed by atoms with van der Waals surface area (Å²) in [4.78, 5) is 12.1. The molecule has 0 saturated carbocycles. The van der Waals surface area contributed by atoms with Crippen LogP contribution in [0.2, 0.25) is 0 Å². The summed E-state index contributed by atoms with van der Waals surface area (Å²) in [7, 11) is 3.93. The van der Waals surface area contributed by atoms with Crippen LogP contribution >= 0.6 is 12.2 Å². The zero-order valence-electron chi connectivity index (χ0n) is 11.4. The summed E-state index contributed by atoms with van der Waals surface area (Å²) in [6.07, 6.45) is 0.881. The van der Waals surface area contributed by atoms with E-state index in [9.17, 15) is 14.5 Å². The lowest BCUT2D eigenvalue weighted by Gasteiger charge is -2.12. The number of benzene rings is 1. The molecule has 0 unspecified atom stereocenters. The number of thiocarbonyl (C=S) groups is 1. The van der Waals surface area contributed by atoms with Gasteiger partial charge in [0.25, 0.3) is 5.69 Å². The largest absolute Gasteiger partial charge is 0.362 e. The Morgan fingerprint density at radius 1 is 1.50 bits per heavy atom. The normalized spacial score (nSPS) is 10.4. The first-order chi connectivity index (χ1) is 9.40. The van der Waals surface area contributed by atoms with E-state index in [0.29, 0.717) is 6.54 Å². The highest BCUT2D eigenvalue weighted by molar-refractivity contribution is 7.80. The number of anilines is 1. The molecule has 0 atom stereocenters. The van der Waals surface area contributed by atoms with Crippen molar-refractivity contribution in [2.75, 3.05) is 32.5 Å². The fraction of sp³-hybridized carbons (Fsp3) is 0.417. The number of non-ortho nitro benzene ring substituents is 1. The van der Waals surface area contributed by atoms with Crippen LogP contribution < -0.4 is 10.6 Å². The van der Waals surface area contributed by atoms with Crippen molar-refractivity contribution in [2.24, 2.45) is 0 Å².